The number of rotatable bonds is 6. The van der Waals surface area contributed by atoms with E-state index in [0.717, 1.165) is 13.2 Å². The minimum atomic E-state index is 0.368. The van der Waals surface area contributed by atoms with Crippen molar-refractivity contribution >= 4 is 0 Å². The number of nitrogens with one attached hydrogen (secondary N) is 1. The predicted octanol–water partition coefficient (Wildman–Crippen LogP) is 2.01. The van der Waals surface area contributed by atoms with E-state index >= 15 is 0 Å². The summed E-state index contributed by atoms with van der Waals surface area (Å²) < 4.78 is 5.09. The largest absolute Gasteiger partial charge is 0.384 e. The van der Waals surface area contributed by atoms with Gasteiger partial charge in [0.2, 0.25) is 0 Å². The lowest BCUT2D eigenvalue weighted by Gasteiger charge is -2.17. The average molecular weight is 208 g/mol. The van der Waals surface area contributed by atoms with Crippen molar-refractivity contribution in [3.8, 4) is 0 Å². The Morgan fingerprint density at radius 3 is 2.60 bits per heavy atom. The lowest BCUT2D eigenvalue weighted by atomic mass is 10.1. The molecule has 15 heavy (non-hydrogen) atoms. The Morgan fingerprint density at radius 2 is 2.00 bits per heavy atom. The number of methoxy groups -OCH3 is 1. The summed E-state index contributed by atoms with van der Waals surface area (Å²) in [7, 11) is 1.74. The van der Waals surface area contributed by atoms with E-state index in [1.165, 1.54) is 5.56 Å². The Kier molecular flexibility index (Phi) is 5.29. The second kappa shape index (κ2) is 6.53. The second-order valence-electron chi connectivity index (χ2n) is 3.97. The van der Waals surface area contributed by atoms with Crippen molar-refractivity contribution in [1.82, 2.24) is 10.3 Å². The van der Waals surface area contributed by atoms with Gasteiger partial charge in [-0.3, -0.25) is 4.98 Å². The maximum Gasteiger partial charge on any atom is 0.0499 e. The number of aromatic nitrogens is 1. The van der Waals surface area contributed by atoms with Crippen LogP contribution in [-0.4, -0.2) is 25.2 Å². The van der Waals surface area contributed by atoms with Crippen molar-refractivity contribution in [2.24, 2.45) is 5.92 Å². The Bertz CT molecular complexity index is 264. The zero-order valence-electron chi connectivity index (χ0n) is 9.73. The van der Waals surface area contributed by atoms with Crippen LogP contribution in [0, 0.1) is 5.92 Å². The van der Waals surface area contributed by atoms with Crippen LogP contribution in [0.3, 0.4) is 0 Å². The normalized spacial score (nSPS) is 14.9. The number of ether oxygens (including phenoxy) is 1. The summed E-state index contributed by atoms with van der Waals surface area (Å²) >= 11 is 0. The van der Waals surface area contributed by atoms with Crippen LogP contribution < -0.4 is 5.32 Å². The molecular formula is C12H20N2O. The van der Waals surface area contributed by atoms with Crippen LogP contribution in [0.5, 0.6) is 0 Å². The fourth-order valence-electron chi connectivity index (χ4n) is 1.49. The molecule has 0 spiro atoms. The van der Waals surface area contributed by atoms with E-state index in [-0.39, 0.29) is 0 Å². The third-order valence-electron chi connectivity index (χ3n) is 2.43. The van der Waals surface area contributed by atoms with E-state index in [2.05, 4.69) is 24.1 Å². The fourth-order valence-corrected chi connectivity index (χ4v) is 1.49. The van der Waals surface area contributed by atoms with Gasteiger partial charge in [0.05, 0.1) is 0 Å². The maximum atomic E-state index is 5.09. The molecule has 1 unspecified atom stereocenters. The molecule has 1 N–H and O–H groups in total. The molecule has 1 heterocycles. The molecular weight excluding hydrogens is 188 g/mol. The van der Waals surface area contributed by atoms with Gasteiger partial charge in [-0.25, -0.2) is 0 Å². The van der Waals surface area contributed by atoms with Gasteiger partial charge in [0, 0.05) is 38.7 Å². The van der Waals surface area contributed by atoms with E-state index < -0.39 is 0 Å². The maximum absolute atomic E-state index is 5.09. The average Bonchev–Trinajstić information content (AvgIpc) is 2.27. The van der Waals surface area contributed by atoms with E-state index in [1.54, 1.807) is 7.11 Å². The number of nitrogens with zero attached hydrogens (tertiary/aromatic N) is 1. The quantitative estimate of drug-likeness (QED) is 0.776. The number of pyridine rings is 1. The Morgan fingerprint density at radius 1 is 1.33 bits per heavy atom. The first kappa shape index (κ1) is 12.1. The molecule has 1 rings (SSSR count). The number of hydrogen-bond acceptors (Lipinski definition) is 3. The molecule has 0 saturated heterocycles. The zero-order valence-corrected chi connectivity index (χ0v) is 9.73. The summed E-state index contributed by atoms with van der Waals surface area (Å²) in [5.41, 5.74) is 1.27. The van der Waals surface area contributed by atoms with Gasteiger partial charge < -0.3 is 10.1 Å². The highest BCUT2D eigenvalue weighted by molar-refractivity contribution is 5.13. The molecule has 0 bridgehead atoms. The fraction of sp³-hybridized carbons (Fsp3) is 0.583. The van der Waals surface area contributed by atoms with Gasteiger partial charge in [-0.05, 0) is 30.5 Å². The molecule has 3 heteroatoms. The summed E-state index contributed by atoms with van der Waals surface area (Å²) in [6.45, 7) is 6.11. The number of hydrogen-bond donors (Lipinski definition) is 1. The van der Waals surface area contributed by atoms with Crippen LogP contribution in [0.4, 0.5) is 0 Å². The lowest BCUT2D eigenvalue weighted by molar-refractivity contribution is 0.157. The standard InChI is InChI=1S/C12H20N2O/c1-10(9-15-3)8-14-11(2)12-4-6-13-7-5-12/h4-7,10-11,14H,8-9H2,1-3H3/t10?,11-/m0/s1. The Balaban J connectivity index is 2.33. The smallest absolute Gasteiger partial charge is 0.0499 e. The van der Waals surface area contributed by atoms with Crippen LogP contribution in [-0.2, 0) is 4.74 Å². The lowest BCUT2D eigenvalue weighted by Crippen LogP contribution is -2.26. The topological polar surface area (TPSA) is 34.1 Å². The van der Waals surface area contributed by atoms with Gasteiger partial charge in [0.15, 0.2) is 0 Å². The van der Waals surface area contributed by atoms with Gasteiger partial charge in [-0.1, -0.05) is 6.92 Å². The van der Waals surface area contributed by atoms with E-state index in [1.807, 2.05) is 24.5 Å². The molecule has 84 valence electrons. The van der Waals surface area contributed by atoms with E-state index in [0.29, 0.717) is 12.0 Å². The molecule has 1 aromatic rings. The summed E-state index contributed by atoms with van der Waals surface area (Å²) in [5.74, 6) is 0.541. The van der Waals surface area contributed by atoms with E-state index in [9.17, 15) is 0 Å². The molecule has 0 saturated carbocycles. The van der Waals surface area contributed by atoms with Crippen LogP contribution >= 0.6 is 0 Å². The highest BCUT2D eigenvalue weighted by Crippen LogP contribution is 2.10. The minimum absolute atomic E-state index is 0.368. The highest BCUT2D eigenvalue weighted by Gasteiger charge is 2.06. The van der Waals surface area contributed by atoms with Crippen LogP contribution in [0.2, 0.25) is 0 Å². The summed E-state index contributed by atoms with van der Waals surface area (Å²) in [6, 6.07) is 4.45. The van der Waals surface area contributed by atoms with E-state index in [4.69, 9.17) is 4.74 Å². The molecule has 3 nitrogen and oxygen atoms in total. The molecule has 0 aliphatic carbocycles. The Hall–Kier alpha value is -0.930. The van der Waals surface area contributed by atoms with Crippen LogP contribution in [0.15, 0.2) is 24.5 Å². The first-order valence-corrected chi connectivity index (χ1v) is 5.36. The van der Waals surface area contributed by atoms with Gasteiger partial charge in [-0.15, -0.1) is 0 Å². The van der Waals surface area contributed by atoms with Crippen molar-refractivity contribution in [1.29, 1.82) is 0 Å². The molecule has 2 atom stereocenters. The van der Waals surface area contributed by atoms with Crippen molar-refractivity contribution < 1.29 is 4.74 Å². The Labute approximate surface area is 91.9 Å². The van der Waals surface area contributed by atoms with Gasteiger partial charge in [-0.2, -0.15) is 0 Å². The molecule has 0 aliphatic rings. The van der Waals surface area contributed by atoms with Crippen LogP contribution in [0.25, 0.3) is 0 Å². The molecule has 0 radical (unpaired) electrons. The van der Waals surface area contributed by atoms with Crippen LogP contribution in [0.1, 0.15) is 25.5 Å². The monoisotopic (exact) mass is 208 g/mol. The molecule has 0 amide bonds. The molecule has 0 aliphatic heterocycles. The molecule has 0 fully saturated rings. The van der Waals surface area contributed by atoms with Crippen molar-refractivity contribution in [2.75, 3.05) is 20.3 Å². The highest BCUT2D eigenvalue weighted by atomic mass is 16.5. The summed E-state index contributed by atoms with van der Waals surface area (Å²) in [6.07, 6.45) is 3.65. The molecule has 0 aromatic carbocycles. The van der Waals surface area contributed by atoms with Gasteiger partial charge in [0.1, 0.15) is 0 Å². The first-order valence-electron chi connectivity index (χ1n) is 5.36. The first-order chi connectivity index (χ1) is 7.24. The third kappa shape index (κ3) is 4.40. The zero-order chi connectivity index (χ0) is 11.1. The van der Waals surface area contributed by atoms with Gasteiger partial charge in [0.25, 0.3) is 0 Å². The summed E-state index contributed by atoms with van der Waals surface area (Å²) in [5, 5.41) is 3.48. The van der Waals surface area contributed by atoms with Crippen molar-refractivity contribution in [3.63, 3.8) is 0 Å². The predicted molar refractivity (Wildman–Crippen MR) is 61.7 cm³/mol. The van der Waals surface area contributed by atoms with Crippen molar-refractivity contribution in [2.45, 2.75) is 19.9 Å². The minimum Gasteiger partial charge on any atom is -0.384 e. The van der Waals surface area contributed by atoms with Crippen molar-refractivity contribution in [3.05, 3.63) is 30.1 Å². The summed E-state index contributed by atoms with van der Waals surface area (Å²) in [4.78, 5) is 4.00. The van der Waals surface area contributed by atoms with Gasteiger partial charge >= 0.3 is 0 Å². The SMILES string of the molecule is COCC(C)CN[C@@H](C)c1ccncc1. The third-order valence-corrected chi connectivity index (χ3v) is 2.43. The molecule has 1 aromatic heterocycles. The second-order valence-corrected chi connectivity index (χ2v) is 3.97.